The van der Waals surface area contributed by atoms with Crippen LogP contribution in [0.15, 0.2) is 0 Å². The normalized spacial score (nSPS) is 41.6. The molecule has 3 heteroatoms. The first-order valence-electron chi connectivity index (χ1n) is 8.03. The standard InChI is InChI=1S/C16H28N2O/c1-10(2)18-15(19)14(9-17)16-6-11-3-12(7-16)5-13(4-11)8-16/h10-14H,3-9,17H2,1-2H3,(H,18,19). The third kappa shape index (κ3) is 2.31. The largest absolute Gasteiger partial charge is 0.354 e. The van der Waals surface area contributed by atoms with Crippen molar-refractivity contribution < 1.29 is 4.79 Å². The Kier molecular flexibility index (Phi) is 3.36. The minimum absolute atomic E-state index is 0.0447. The molecule has 1 amide bonds. The third-order valence-corrected chi connectivity index (χ3v) is 5.81. The molecule has 4 aliphatic rings. The lowest BCUT2D eigenvalue weighted by molar-refractivity contribution is -0.140. The van der Waals surface area contributed by atoms with Crippen molar-refractivity contribution in [1.29, 1.82) is 0 Å². The summed E-state index contributed by atoms with van der Waals surface area (Å²) in [4.78, 5) is 12.5. The summed E-state index contributed by atoms with van der Waals surface area (Å²) in [6, 6.07) is 0.218. The topological polar surface area (TPSA) is 55.1 Å². The van der Waals surface area contributed by atoms with Crippen molar-refractivity contribution >= 4 is 5.91 Å². The lowest BCUT2D eigenvalue weighted by atomic mass is 9.46. The quantitative estimate of drug-likeness (QED) is 0.818. The minimum Gasteiger partial charge on any atom is -0.354 e. The molecule has 4 aliphatic carbocycles. The van der Waals surface area contributed by atoms with Gasteiger partial charge in [0.05, 0.1) is 5.92 Å². The summed E-state index contributed by atoms with van der Waals surface area (Å²) in [5.41, 5.74) is 6.25. The highest BCUT2D eigenvalue weighted by Gasteiger charge is 2.55. The smallest absolute Gasteiger partial charge is 0.225 e. The highest BCUT2D eigenvalue weighted by Crippen LogP contribution is 2.62. The average molecular weight is 264 g/mol. The maximum atomic E-state index is 12.5. The Bertz CT molecular complexity index is 328. The van der Waals surface area contributed by atoms with Crippen molar-refractivity contribution in [2.75, 3.05) is 6.54 Å². The second-order valence-electron chi connectivity index (χ2n) is 7.73. The molecule has 19 heavy (non-hydrogen) atoms. The number of nitrogens with two attached hydrogens (primary N) is 1. The highest BCUT2D eigenvalue weighted by molar-refractivity contribution is 5.80. The number of carbonyl (C=O) groups is 1. The number of carbonyl (C=O) groups excluding carboxylic acids is 1. The molecule has 0 saturated heterocycles. The van der Waals surface area contributed by atoms with E-state index in [0.717, 1.165) is 17.8 Å². The van der Waals surface area contributed by atoms with Crippen LogP contribution in [0.2, 0.25) is 0 Å². The zero-order valence-corrected chi connectivity index (χ0v) is 12.3. The lowest BCUT2D eigenvalue weighted by Gasteiger charge is -2.59. The Morgan fingerprint density at radius 2 is 1.63 bits per heavy atom. The molecule has 0 aliphatic heterocycles. The van der Waals surface area contributed by atoms with Crippen LogP contribution in [0.1, 0.15) is 52.4 Å². The van der Waals surface area contributed by atoms with Gasteiger partial charge in [-0.25, -0.2) is 0 Å². The molecule has 4 rings (SSSR count). The van der Waals surface area contributed by atoms with E-state index in [0.29, 0.717) is 6.54 Å². The van der Waals surface area contributed by atoms with Crippen LogP contribution < -0.4 is 11.1 Å². The number of hydrogen-bond acceptors (Lipinski definition) is 2. The van der Waals surface area contributed by atoms with Gasteiger partial charge in [0.2, 0.25) is 5.91 Å². The molecule has 0 radical (unpaired) electrons. The number of amides is 1. The predicted molar refractivity (Wildman–Crippen MR) is 76.4 cm³/mol. The Labute approximate surface area is 116 Å². The van der Waals surface area contributed by atoms with Gasteiger partial charge in [-0.2, -0.15) is 0 Å². The molecule has 0 aromatic carbocycles. The van der Waals surface area contributed by atoms with Gasteiger partial charge in [-0.3, -0.25) is 4.79 Å². The van der Waals surface area contributed by atoms with Crippen LogP contribution in [0.25, 0.3) is 0 Å². The fraction of sp³-hybridized carbons (Fsp3) is 0.938. The van der Waals surface area contributed by atoms with Gasteiger partial charge in [0, 0.05) is 12.6 Å². The Morgan fingerprint density at radius 3 is 2.00 bits per heavy atom. The zero-order valence-electron chi connectivity index (χ0n) is 12.3. The van der Waals surface area contributed by atoms with Crippen molar-refractivity contribution in [2.24, 2.45) is 34.8 Å². The van der Waals surface area contributed by atoms with E-state index in [2.05, 4.69) is 5.32 Å². The monoisotopic (exact) mass is 264 g/mol. The van der Waals surface area contributed by atoms with Gasteiger partial charge < -0.3 is 11.1 Å². The summed E-state index contributed by atoms with van der Waals surface area (Å²) in [5, 5.41) is 3.10. The lowest BCUT2D eigenvalue weighted by Crippen LogP contribution is -2.55. The molecule has 0 heterocycles. The first-order chi connectivity index (χ1) is 9.02. The van der Waals surface area contributed by atoms with Gasteiger partial charge in [0.1, 0.15) is 0 Å². The highest BCUT2D eigenvalue weighted by atomic mass is 16.2. The van der Waals surface area contributed by atoms with E-state index in [4.69, 9.17) is 5.73 Å². The fourth-order valence-corrected chi connectivity index (χ4v) is 5.62. The van der Waals surface area contributed by atoms with Crippen LogP contribution in [0, 0.1) is 29.1 Å². The second kappa shape index (κ2) is 4.76. The molecular weight excluding hydrogens is 236 g/mol. The predicted octanol–water partition coefficient (Wildman–Crippen LogP) is 2.30. The molecule has 1 atom stereocenters. The summed E-state index contributed by atoms with van der Waals surface area (Å²) in [7, 11) is 0. The maximum Gasteiger partial charge on any atom is 0.225 e. The molecule has 1 unspecified atom stereocenters. The van der Waals surface area contributed by atoms with Crippen molar-refractivity contribution in [3.63, 3.8) is 0 Å². The molecule has 3 nitrogen and oxygen atoms in total. The van der Waals surface area contributed by atoms with Crippen LogP contribution >= 0.6 is 0 Å². The fourth-order valence-electron chi connectivity index (χ4n) is 5.62. The van der Waals surface area contributed by atoms with Crippen LogP contribution in [-0.4, -0.2) is 18.5 Å². The van der Waals surface area contributed by atoms with Crippen LogP contribution in [0.5, 0.6) is 0 Å². The second-order valence-corrected chi connectivity index (χ2v) is 7.73. The van der Waals surface area contributed by atoms with E-state index >= 15 is 0 Å². The van der Waals surface area contributed by atoms with Crippen LogP contribution in [-0.2, 0) is 4.79 Å². The van der Waals surface area contributed by atoms with Crippen molar-refractivity contribution in [2.45, 2.75) is 58.4 Å². The molecule has 0 aromatic heterocycles. The zero-order chi connectivity index (χ0) is 13.6. The molecule has 0 spiro atoms. The molecular formula is C16H28N2O. The Hall–Kier alpha value is -0.570. The minimum atomic E-state index is 0.0447. The van der Waals surface area contributed by atoms with E-state index in [1.54, 1.807) is 0 Å². The molecule has 4 bridgehead atoms. The number of nitrogens with one attached hydrogen (secondary N) is 1. The van der Waals surface area contributed by atoms with E-state index in [1.807, 2.05) is 13.8 Å². The van der Waals surface area contributed by atoms with Crippen LogP contribution in [0.4, 0.5) is 0 Å². The molecule has 0 aromatic rings. The number of rotatable bonds is 4. The van der Waals surface area contributed by atoms with Gasteiger partial charge in [0.15, 0.2) is 0 Å². The summed E-state index contributed by atoms with van der Waals surface area (Å²) < 4.78 is 0. The summed E-state index contributed by atoms with van der Waals surface area (Å²) in [6.07, 6.45) is 8.03. The molecule has 4 saturated carbocycles. The SMILES string of the molecule is CC(C)NC(=O)C(CN)C12CC3CC(CC(C3)C1)C2. The van der Waals surface area contributed by atoms with E-state index in [1.165, 1.54) is 38.5 Å². The number of hydrogen-bond donors (Lipinski definition) is 2. The first kappa shape index (κ1) is 13.4. The van der Waals surface area contributed by atoms with E-state index < -0.39 is 0 Å². The molecule has 4 fully saturated rings. The van der Waals surface area contributed by atoms with Crippen molar-refractivity contribution in [3.8, 4) is 0 Å². The van der Waals surface area contributed by atoms with Gasteiger partial charge >= 0.3 is 0 Å². The van der Waals surface area contributed by atoms with Gasteiger partial charge in [-0.15, -0.1) is 0 Å². The summed E-state index contributed by atoms with van der Waals surface area (Å²) >= 11 is 0. The first-order valence-corrected chi connectivity index (χ1v) is 8.03. The van der Waals surface area contributed by atoms with Gasteiger partial charge in [-0.1, -0.05) is 0 Å². The molecule has 3 N–H and O–H groups in total. The average Bonchev–Trinajstić information content (AvgIpc) is 2.25. The Morgan fingerprint density at radius 1 is 1.16 bits per heavy atom. The van der Waals surface area contributed by atoms with Gasteiger partial charge in [0.25, 0.3) is 0 Å². The maximum absolute atomic E-state index is 12.5. The van der Waals surface area contributed by atoms with Crippen molar-refractivity contribution in [1.82, 2.24) is 5.32 Å². The van der Waals surface area contributed by atoms with Crippen LogP contribution in [0.3, 0.4) is 0 Å². The van der Waals surface area contributed by atoms with E-state index in [9.17, 15) is 4.79 Å². The van der Waals surface area contributed by atoms with Crippen molar-refractivity contribution in [3.05, 3.63) is 0 Å². The third-order valence-electron chi connectivity index (χ3n) is 5.81. The summed E-state index contributed by atoms with van der Waals surface area (Å²) in [5.74, 6) is 2.90. The van der Waals surface area contributed by atoms with E-state index in [-0.39, 0.29) is 23.3 Å². The Balaban J connectivity index is 1.80. The summed E-state index contributed by atoms with van der Waals surface area (Å²) in [6.45, 7) is 4.58. The molecule has 108 valence electrons. The van der Waals surface area contributed by atoms with Gasteiger partial charge in [-0.05, 0) is 75.5 Å².